The van der Waals surface area contributed by atoms with Crippen molar-refractivity contribution in [3.8, 4) is 11.3 Å². The number of methoxy groups -OCH3 is 1. The van der Waals surface area contributed by atoms with Crippen LogP contribution in [0.25, 0.3) is 11.3 Å². The number of ether oxygens (including phenoxy) is 1. The molecule has 0 spiro atoms. The summed E-state index contributed by atoms with van der Waals surface area (Å²) >= 11 is 5.80. The maximum absolute atomic E-state index is 13.0. The third kappa shape index (κ3) is 5.63. The topological polar surface area (TPSA) is 112 Å². The molecule has 162 valence electrons. The number of alkyl halides is 3. The van der Waals surface area contributed by atoms with Crippen molar-refractivity contribution < 1.29 is 35.5 Å². The zero-order valence-electron chi connectivity index (χ0n) is 15.7. The lowest BCUT2D eigenvalue weighted by Crippen LogP contribution is -2.23. The normalized spacial score (nSPS) is 13.7. The van der Waals surface area contributed by atoms with E-state index in [4.69, 9.17) is 21.8 Å². The van der Waals surface area contributed by atoms with Gasteiger partial charge in [0.25, 0.3) is 0 Å². The Labute approximate surface area is 174 Å². The molecule has 2 N–H and O–H groups in total. The van der Waals surface area contributed by atoms with Gasteiger partial charge in [-0.3, -0.25) is 9.79 Å². The standard InChI is InChI=1S/C18H16ClF3N2O5S/c1-28-14(25)9-24-16(15(19)17(23)18(20,21)22)13-7-6-12(29-13)10-4-3-5-11(8-10)30(2,26)27/h3-8H,9,23H2,1-2H3/b17-15+,24-16?. The number of allylic oxidation sites excluding steroid dienone is 2. The van der Waals surface area contributed by atoms with Crippen LogP contribution in [0.5, 0.6) is 0 Å². The lowest BCUT2D eigenvalue weighted by atomic mass is 10.2. The molecule has 0 radical (unpaired) electrons. The fourth-order valence-electron chi connectivity index (χ4n) is 2.22. The molecule has 2 rings (SSSR count). The van der Waals surface area contributed by atoms with Gasteiger partial charge in [-0.05, 0) is 24.3 Å². The van der Waals surface area contributed by atoms with E-state index in [9.17, 15) is 26.4 Å². The zero-order chi connectivity index (χ0) is 22.7. The van der Waals surface area contributed by atoms with Crippen molar-refractivity contribution in [1.29, 1.82) is 0 Å². The first-order valence-electron chi connectivity index (χ1n) is 8.09. The van der Waals surface area contributed by atoms with Crippen LogP contribution >= 0.6 is 11.6 Å². The molecule has 0 bridgehead atoms. The Morgan fingerprint density at radius 1 is 1.27 bits per heavy atom. The van der Waals surface area contributed by atoms with Crippen LogP contribution in [0.3, 0.4) is 0 Å². The van der Waals surface area contributed by atoms with Crippen LogP contribution in [0.15, 0.2) is 61.4 Å². The van der Waals surface area contributed by atoms with Gasteiger partial charge in [0.2, 0.25) is 0 Å². The first-order chi connectivity index (χ1) is 13.8. The SMILES string of the molecule is COC(=O)CN=C(/C(Cl)=C(\N)C(F)(F)F)c1ccc(-c2cccc(S(C)(=O)=O)c2)o1. The van der Waals surface area contributed by atoms with E-state index in [2.05, 4.69) is 9.73 Å². The van der Waals surface area contributed by atoms with Crippen molar-refractivity contribution in [2.45, 2.75) is 11.1 Å². The molecule has 1 heterocycles. The number of carbonyl (C=O) groups excluding carboxylic acids is 1. The number of rotatable bonds is 6. The molecule has 1 aromatic heterocycles. The molecular weight excluding hydrogens is 449 g/mol. The van der Waals surface area contributed by atoms with Crippen LogP contribution < -0.4 is 5.73 Å². The molecule has 0 unspecified atom stereocenters. The number of benzene rings is 1. The highest BCUT2D eigenvalue weighted by Gasteiger charge is 2.36. The van der Waals surface area contributed by atoms with Crippen LogP contribution in [0, 0.1) is 0 Å². The smallest absolute Gasteiger partial charge is 0.432 e. The molecule has 1 aromatic carbocycles. The van der Waals surface area contributed by atoms with Crippen molar-refractivity contribution in [2.24, 2.45) is 10.7 Å². The molecule has 2 aromatic rings. The number of esters is 1. The molecule has 7 nitrogen and oxygen atoms in total. The van der Waals surface area contributed by atoms with Crippen LogP contribution in [0.4, 0.5) is 13.2 Å². The van der Waals surface area contributed by atoms with E-state index < -0.39 is 45.0 Å². The Bertz CT molecular complexity index is 1120. The van der Waals surface area contributed by atoms with Crippen LogP contribution in [0.2, 0.25) is 0 Å². The molecular formula is C18H16ClF3N2O5S. The van der Waals surface area contributed by atoms with Crippen molar-refractivity contribution in [2.75, 3.05) is 19.9 Å². The molecule has 0 aliphatic heterocycles. The average Bonchev–Trinajstić information content (AvgIpc) is 3.15. The Morgan fingerprint density at radius 2 is 1.93 bits per heavy atom. The second-order valence-corrected chi connectivity index (χ2v) is 8.32. The van der Waals surface area contributed by atoms with Crippen molar-refractivity contribution in [1.82, 2.24) is 0 Å². The monoisotopic (exact) mass is 464 g/mol. The Balaban J connectivity index is 2.55. The highest BCUT2D eigenvalue weighted by Crippen LogP contribution is 2.30. The number of sulfone groups is 1. The molecule has 30 heavy (non-hydrogen) atoms. The minimum Gasteiger partial charge on any atom is -0.468 e. The number of nitrogens with two attached hydrogens (primary N) is 1. The summed E-state index contributed by atoms with van der Waals surface area (Å²) < 4.78 is 72.3. The first-order valence-corrected chi connectivity index (χ1v) is 10.4. The number of nitrogens with zero attached hydrogens (tertiary/aromatic N) is 1. The van der Waals surface area contributed by atoms with E-state index >= 15 is 0 Å². The van der Waals surface area contributed by atoms with Gasteiger partial charge in [0, 0.05) is 11.8 Å². The summed E-state index contributed by atoms with van der Waals surface area (Å²) in [6, 6.07) is 8.40. The summed E-state index contributed by atoms with van der Waals surface area (Å²) in [5.74, 6) is -0.901. The molecule has 0 aliphatic carbocycles. The fourth-order valence-corrected chi connectivity index (χ4v) is 3.14. The summed E-state index contributed by atoms with van der Waals surface area (Å²) in [5, 5.41) is -0.961. The van der Waals surface area contributed by atoms with Crippen LogP contribution in [-0.2, 0) is 19.4 Å². The van der Waals surface area contributed by atoms with Gasteiger partial charge in [-0.15, -0.1) is 0 Å². The highest BCUT2D eigenvalue weighted by molar-refractivity contribution is 7.90. The number of halogens is 4. The van der Waals surface area contributed by atoms with Gasteiger partial charge in [-0.2, -0.15) is 13.2 Å². The van der Waals surface area contributed by atoms with Gasteiger partial charge in [0.15, 0.2) is 15.6 Å². The minimum atomic E-state index is -4.94. The quantitative estimate of drug-likeness (QED) is 0.518. The largest absolute Gasteiger partial charge is 0.468 e. The molecule has 0 atom stereocenters. The van der Waals surface area contributed by atoms with E-state index in [1.807, 2.05) is 0 Å². The second-order valence-electron chi connectivity index (χ2n) is 5.93. The fraction of sp³-hybridized carbons (Fsp3) is 0.222. The maximum Gasteiger partial charge on any atom is 0.432 e. The van der Waals surface area contributed by atoms with Crippen LogP contribution in [-0.4, -0.2) is 46.2 Å². The third-order valence-electron chi connectivity index (χ3n) is 3.73. The first kappa shape index (κ1) is 23.5. The number of carbonyl (C=O) groups is 1. The van der Waals surface area contributed by atoms with Crippen molar-refractivity contribution >= 4 is 33.1 Å². The van der Waals surface area contributed by atoms with E-state index in [1.54, 1.807) is 6.07 Å². The van der Waals surface area contributed by atoms with Gasteiger partial charge < -0.3 is 14.9 Å². The summed E-state index contributed by atoms with van der Waals surface area (Å²) in [5.41, 5.74) is 3.29. The van der Waals surface area contributed by atoms with Crippen LogP contribution in [0.1, 0.15) is 5.76 Å². The van der Waals surface area contributed by atoms with Gasteiger partial charge >= 0.3 is 12.1 Å². The van der Waals surface area contributed by atoms with E-state index in [-0.39, 0.29) is 16.4 Å². The summed E-state index contributed by atoms with van der Waals surface area (Å²) in [6.45, 7) is -0.632. The lowest BCUT2D eigenvalue weighted by Gasteiger charge is -2.10. The maximum atomic E-state index is 13.0. The van der Waals surface area contributed by atoms with Gasteiger partial charge in [-0.25, -0.2) is 8.42 Å². The second kappa shape index (κ2) is 8.92. The Kier molecular flexibility index (Phi) is 6.99. The highest BCUT2D eigenvalue weighted by atomic mass is 35.5. The van der Waals surface area contributed by atoms with E-state index in [0.717, 1.165) is 13.4 Å². The predicted octanol–water partition coefficient (Wildman–Crippen LogP) is 3.28. The zero-order valence-corrected chi connectivity index (χ0v) is 17.2. The molecule has 0 fully saturated rings. The lowest BCUT2D eigenvalue weighted by molar-refractivity contribution is -0.138. The summed E-state index contributed by atoms with van der Waals surface area (Å²) in [4.78, 5) is 15.1. The molecule has 0 aliphatic rings. The number of furan rings is 1. The summed E-state index contributed by atoms with van der Waals surface area (Å²) in [6.07, 6.45) is -3.91. The van der Waals surface area contributed by atoms with Gasteiger partial charge in [0.05, 0.1) is 17.0 Å². The third-order valence-corrected chi connectivity index (χ3v) is 5.22. The molecule has 0 saturated carbocycles. The molecule has 0 amide bonds. The number of hydrogen-bond donors (Lipinski definition) is 1. The summed E-state index contributed by atoms with van der Waals surface area (Å²) in [7, 11) is -2.41. The van der Waals surface area contributed by atoms with E-state index in [0.29, 0.717) is 5.56 Å². The Hall–Kier alpha value is -2.79. The molecule has 12 heteroatoms. The van der Waals surface area contributed by atoms with Crippen molar-refractivity contribution in [3.05, 3.63) is 52.9 Å². The molecule has 0 saturated heterocycles. The van der Waals surface area contributed by atoms with Crippen molar-refractivity contribution in [3.63, 3.8) is 0 Å². The van der Waals surface area contributed by atoms with Gasteiger partial charge in [0.1, 0.15) is 23.7 Å². The minimum absolute atomic E-state index is 0.0248. The Morgan fingerprint density at radius 3 is 2.50 bits per heavy atom. The number of aliphatic imine (C=N–C) groups is 1. The number of hydrogen-bond acceptors (Lipinski definition) is 7. The average molecular weight is 465 g/mol. The predicted molar refractivity (Wildman–Crippen MR) is 104 cm³/mol. The van der Waals surface area contributed by atoms with Gasteiger partial charge in [-0.1, -0.05) is 23.7 Å². The van der Waals surface area contributed by atoms with E-state index in [1.165, 1.54) is 30.3 Å².